The molecular formula is C26H35N3O3. The number of nitrogens with one attached hydrogen (secondary N) is 2. The van der Waals surface area contributed by atoms with Crippen LogP contribution in [0.3, 0.4) is 0 Å². The van der Waals surface area contributed by atoms with Gasteiger partial charge in [0.2, 0.25) is 0 Å². The number of aryl methyl sites for hydroxylation is 1. The number of fused-ring (bicyclic) bond motifs is 1. The quantitative estimate of drug-likeness (QED) is 0.743. The molecule has 1 heterocycles. The SMILES string of the molecule is COCC(=O)N1CCCCCCCNCc2cc(C(=O)NCc3ccc(C)cc3)ccc21. The van der Waals surface area contributed by atoms with Crippen LogP contribution in [0.2, 0.25) is 0 Å². The van der Waals surface area contributed by atoms with Gasteiger partial charge in [0.1, 0.15) is 6.61 Å². The normalized spacial score (nSPS) is 15.2. The van der Waals surface area contributed by atoms with Gasteiger partial charge in [0.25, 0.3) is 11.8 Å². The Balaban J connectivity index is 1.80. The van der Waals surface area contributed by atoms with Crippen molar-refractivity contribution in [1.29, 1.82) is 0 Å². The number of amides is 2. The fraction of sp³-hybridized carbons (Fsp3) is 0.462. The van der Waals surface area contributed by atoms with E-state index in [-0.39, 0.29) is 18.4 Å². The van der Waals surface area contributed by atoms with Crippen LogP contribution in [-0.4, -0.2) is 38.6 Å². The van der Waals surface area contributed by atoms with E-state index in [0.29, 0.717) is 25.2 Å². The molecular weight excluding hydrogens is 402 g/mol. The second kappa shape index (κ2) is 12.4. The molecule has 2 aromatic carbocycles. The molecule has 0 spiro atoms. The first-order chi connectivity index (χ1) is 15.6. The summed E-state index contributed by atoms with van der Waals surface area (Å²) in [4.78, 5) is 27.4. The molecule has 1 aliphatic rings. The minimum Gasteiger partial charge on any atom is -0.375 e. The predicted molar refractivity (Wildman–Crippen MR) is 128 cm³/mol. The average molecular weight is 438 g/mol. The molecule has 2 N–H and O–H groups in total. The lowest BCUT2D eigenvalue weighted by Gasteiger charge is -2.26. The van der Waals surface area contributed by atoms with Gasteiger partial charge in [-0.25, -0.2) is 0 Å². The molecule has 2 aromatic rings. The van der Waals surface area contributed by atoms with Crippen LogP contribution < -0.4 is 15.5 Å². The molecule has 0 saturated heterocycles. The lowest BCUT2D eigenvalue weighted by molar-refractivity contribution is -0.122. The Kier molecular flexibility index (Phi) is 9.26. The van der Waals surface area contributed by atoms with Gasteiger partial charge in [0, 0.05) is 38.0 Å². The van der Waals surface area contributed by atoms with Crippen molar-refractivity contribution in [2.45, 2.75) is 52.1 Å². The molecule has 1 aliphatic heterocycles. The van der Waals surface area contributed by atoms with Crippen molar-refractivity contribution < 1.29 is 14.3 Å². The smallest absolute Gasteiger partial charge is 0.252 e. The minimum atomic E-state index is -0.116. The van der Waals surface area contributed by atoms with Crippen molar-refractivity contribution in [2.75, 3.05) is 31.7 Å². The largest absolute Gasteiger partial charge is 0.375 e. The standard InChI is InChI=1S/C26H35N3O3/c1-20-8-10-21(11-9-20)17-28-26(31)22-12-13-24-23(16-22)18-27-14-6-4-3-5-7-15-29(24)25(30)19-32-2/h8-13,16,27H,3-7,14-15,17-19H2,1-2H3,(H,28,31). The Bertz CT molecular complexity index is 896. The van der Waals surface area contributed by atoms with Crippen LogP contribution in [-0.2, 0) is 22.6 Å². The summed E-state index contributed by atoms with van der Waals surface area (Å²) in [6, 6.07) is 13.8. The van der Waals surface area contributed by atoms with Crippen molar-refractivity contribution in [2.24, 2.45) is 0 Å². The Morgan fingerprint density at radius 2 is 1.78 bits per heavy atom. The van der Waals surface area contributed by atoms with E-state index >= 15 is 0 Å². The third-order valence-electron chi connectivity index (χ3n) is 5.83. The number of methoxy groups -OCH3 is 1. The van der Waals surface area contributed by atoms with Crippen LogP contribution in [0.4, 0.5) is 5.69 Å². The molecule has 32 heavy (non-hydrogen) atoms. The van der Waals surface area contributed by atoms with Crippen molar-refractivity contribution in [3.63, 3.8) is 0 Å². The van der Waals surface area contributed by atoms with Gasteiger partial charge in [-0.3, -0.25) is 9.59 Å². The first-order valence-corrected chi connectivity index (χ1v) is 11.5. The van der Waals surface area contributed by atoms with E-state index in [2.05, 4.69) is 10.6 Å². The minimum absolute atomic E-state index is 0.0473. The zero-order valence-electron chi connectivity index (χ0n) is 19.3. The Hall–Kier alpha value is -2.70. The molecule has 0 aromatic heterocycles. The maximum Gasteiger partial charge on any atom is 0.252 e. The first-order valence-electron chi connectivity index (χ1n) is 11.5. The van der Waals surface area contributed by atoms with E-state index in [4.69, 9.17) is 4.74 Å². The highest BCUT2D eigenvalue weighted by molar-refractivity contribution is 5.98. The summed E-state index contributed by atoms with van der Waals surface area (Å²) in [7, 11) is 1.54. The number of ether oxygens (including phenoxy) is 1. The lowest BCUT2D eigenvalue weighted by atomic mass is 10.0. The van der Waals surface area contributed by atoms with Crippen LogP contribution in [0.25, 0.3) is 0 Å². The van der Waals surface area contributed by atoms with Crippen LogP contribution in [0.1, 0.15) is 59.2 Å². The van der Waals surface area contributed by atoms with Crippen molar-refractivity contribution >= 4 is 17.5 Å². The maximum atomic E-state index is 12.8. The molecule has 0 radical (unpaired) electrons. The summed E-state index contributed by atoms with van der Waals surface area (Å²) < 4.78 is 5.12. The summed E-state index contributed by atoms with van der Waals surface area (Å²) in [6.45, 7) is 4.77. The monoisotopic (exact) mass is 437 g/mol. The summed E-state index contributed by atoms with van der Waals surface area (Å²) >= 11 is 0. The van der Waals surface area contributed by atoms with Crippen molar-refractivity contribution in [3.05, 3.63) is 64.7 Å². The van der Waals surface area contributed by atoms with Gasteiger partial charge >= 0.3 is 0 Å². The Morgan fingerprint density at radius 1 is 1.03 bits per heavy atom. The fourth-order valence-electron chi connectivity index (χ4n) is 3.98. The van der Waals surface area contributed by atoms with Gasteiger partial charge in [-0.15, -0.1) is 0 Å². The zero-order valence-corrected chi connectivity index (χ0v) is 19.3. The Morgan fingerprint density at radius 3 is 2.56 bits per heavy atom. The van der Waals surface area contributed by atoms with Crippen molar-refractivity contribution in [3.8, 4) is 0 Å². The number of anilines is 1. The van der Waals surface area contributed by atoms with Crippen molar-refractivity contribution in [1.82, 2.24) is 10.6 Å². The molecule has 3 rings (SSSR count). The van der Waals surface area contributed by atoms with Gasteiger partial charge in [-0.05, 0) is 55.6 Å². The van der Waals surface area contributed by atoms with E-state index in [0.717, 1.165) is 42.6 Å². The lowest BCUT2D eigenvalue weighted by Crippen LogP contribution is -2.36. The summed E-state index contributed by atoms with van der Waals surface area (Å²) in [6.07, 6.45) is 5.57. The Labute approximate surface area is 191 Å². The average Bonchev–Trinajstić information content (AvgIpc) is 2.79. The molecule has 0 aliphatic carbocycles. The molecule has 0 atom stereocenters. The number of hydrogen-bond acceptors (Lipinski definition) is 4. The van der Waals surface area contributed by atoms with Gasteiger partial charge in [0.05, 0.1) is 0 Å². The van der Waals surface area contributed by atoms with Crippen LogP contribution >= 0.6 is 0 Å². The van der Waals surface area contributed by atoms with Gasteiger partial charge in [0.15, 0.2) is 0 Å². The maximum absolute atomic E-state index is 12.8. The highest BCUT2D eigenvalue weighted by atomic mass is 16.5. The second-order valence-electron chi connectivity index (χ2n) is 8.43. The first kappa shape index (κ1) is 24.0. The molecule has 0 saturated carbocycles. The number of carbonyl (C=O) groups excluding carboxylic acids is 2. The molecule has 172 valence electrons. The summed E-state index contributed by atoms with van der Waals surface area (Å²) in [5, 5.41) is 6.48. The van der Waals surface area contributed by atoms with E-state index < -0.39 is 0 Å². The zero-order chi connectivity index (χ0) is 22.8. The predicted octanol–water partition coefficient (Wildman–Crippen LogP) is 3.96. The molecule has 6 nitrogen and oxygen atoms in total. The molecule has 0 unspecified atom stereocenters. The molecule has 6 heteroatoms. The third-order valence-corrected chi connectivity index (χ3v) is 5.83. The third kappa shape index (κ3) is 6.90. The number of rotatable bonds is 5. The van der Waals surface area contributed by atoms with E-state index in [1.54, 1.807) is 7.11 Å². The van der Waals surface area contributed by atoms with Crippen LogP contribution in [0.15, 0.2) is 42.5 Å². The molecule has 2 amide bonds. The van der Waals surface area contributed by atoms with Gasteiger partial charge < -0.3 is 20.3 Å². The molecule has 0 bridgehead atoms. The highest BCUT2D eigenvalue weighted by Gasteiger charge is 2.20. The topological polar surface area (TPSA) is 70.7 Å². The van der Waals surface area contributed by atoms with E-state index in [9.17, 15) is 9.59 Å². The van der Waals surface area contributed by atoms with Gasteiger partial charge in [-0.1, -0.05) is 49.1 Å². The van der Waals surface area contributed by atoms with E-state index in [1.807, 2.05) is 54.3 Å². The highest BCUT2D eigenvalue weighted by Crippen LogP contribution is 2.24. The van der Waals surface area contributed by atoms with Crippen LogP contribution in [0.5, 0.6) is 0 Å². The summed E-state index contributed by atoms with van der Waals surface area (Å²) in [5.41, 5.74) is 4.67. The van der Waals surface area contributed by atoms with Gasteiger partial charge in [-0.2, -0.15) is 0 Å². The number of nitrogens with zero attached hydrogens (tertiary/aromatic N) is 1. The fourth-order valence-corrected chi connectivity index (χ4v) is 3.98. The molecule has 0 fully saturated rings. The van der Waals surface area contributed by atoms with Crippen LogP contribution in [0, 0.1) is 6.92 Å². The number of hydrogen-bond donors (Lipinski definition) is 2. The summed E-state index contributed by atoms with van der Waals surface area (Å²) in [5.74, 6) is -0.170. The number of carbonyl (C=O) groups is 2. The number of benzene rings is 2. The van der Waals surface area contributed by atoms with E-state index in [1.165, 1.54) is 18.4 Å². The second-order valence-corrected chi connectivity index (χ2v) is 8.43.